The van der Waals surface area contributed by atoms with Crippen molar-refractivity contribution in [3.05, 3.63) is 0 Å². The number of urea groups is 1. The number of nitrogens with one attached hydrogen (secondary N) is 1. The minimum Gasteiger partial charge on any atom is -0.481 e. The van der Waals surface area contributed by atoms with Crippen molar-refractivity contribution in [3.63, 3.8) is 0 Å². The van der Waals surface area contributed by atoms with Crippen molar-refractivity contribution < 1.29 is 19.4 Å². The van der Waals surface area contributed by atoms with E-state index in [2.05, 4.69) is 5.32 Å². The Morgan fingerprint density at radius 3 is 2.65 bits per heavy atom. The van der Waals surface area contributed by atoms with E-state index in [1.165, 1.54) is 4.90 Å². The van der Waals surface area contributed by atoms with Gasteiger partial charge in [0.25, 0.3) is 0 Å². The summed E-state index contributed by atoms with van der Waals surface area (Å²) < 4.78 is 5.00. The predicted molar refractivity (Wildman–Crippen MR) is 61.8 cm³/mol. The third-order valence-electron chi connectivity index (χ3n) is 2.78. The molecule has 0 saturated carbocycles. The maximum Gasteiger partial charge on any atom is 0.317 e. The molecule has 2 amide bonds. The molecule has 0 spiro atoms. The van der Waals surface area contributed by atoms with E-state index in [-0.39, 0.29) is 12.6 Å². The van der Waals surface area contributed by atoms with Gasteiger partial charge < -0.3 is 20.1 Å². The highest BCUT2D eigenvalue weighted by molar-refractivity contribution is 5.77. The lowest BCUT2D eigenvalue weighted by atomic mass is 10.1. The van der Waals surface area contributed by atoms with Crippen molar-refractivity contribution in [2.45, 2.75) is 25.8 Å². The van der Waals surface area contributed by atoms with Crippen molar-refractivity contribution in [1.29, 1.82) is 0 Å². The number of carboxylic acids is 1. The molecular formula is C11H20N2O4. The van der Waals surface area contributed by atoms with Crippen molar-refractivity contribution >= 4 is 12.0 Å². The van der Waals surface area contributed by atoms with Crippen LogP contribution in [0.3, 0.4) is 0 Å². The van der Waals surface area contributed by atoms with Gasteiger partial charge in [-0.25, -0.2) is 4.79 Å². The van der Waals surface area contributed by atoms with Crippen LogP contribution < -0.4 is 5.32 Å². The lowest BCUT2D eigenvalue weighted by molar-refractivity contribution is -0.141. The number of amides is 2. The Hall–Kier alpha value is -1.30. The Labute approximate surface area is 101 Å². The molecule has 1 heterocycles. The quantitative estimate of drug-likeness (QED) is 0.756. The molecule has 1 unspecified atom stereocenters. The fourth-order valence-corrected chi connectivity index (χ4v) is 1.91. The molecule has 1 atom stereocenters. The molecule has 6 heteroatoms. The smallest absolute Gasteiger partial charge is 0.317 e. The molecule has 98 valence electrons. The number of carbonyl (C=O) groups excluding carboxylic acids is 1. The van der Waals surface area contributed by atoms with Crippen LogP contribution in [0.4, 0.5) is 4.79 Å². The Balaban J connectivity index is 2.47. The fourth-order valence-electron chi connectivity index (χ4n) is 1.91. The summed E-state index contributed by atoms with van der Waals surface area (Å²) in [5.74, 6) is -1.28. The number of hydrogen-bond donors (Lipinski definition) is 2. The molecule has 2 N–H and O–H groups in total. The highest BCUT2D eigenvalue weighted by Gasteiger charge is 2.32. The molecule has 6 nitrogen and oxygen atoms in total. The van der Waals surface area contributed by atoms with E-state index in [9.17, 15) is 9.59 Å². The molecule has 0 aliphatic carbocycles. The Morgan fingerprint density at radius 1 is 1.53 bits per heavy atom. The molecule has 0 aromatic heterocycles. The minimum absolute atomic E-state index is 0.226. The van der Waals surface area contributed by atoms with Crippen LogP contribution in [-0.2, 0) is 9.53 Å². The Kier molecular flexibility index (Phi) is 4.34. The largest absolute Gasteiger partial charge is 0.481 e. The normalized spacial score (nSPS) is 20.4. The van der Waals surface area contributed by atoms with E-state index in [0.29, 0.717) is 19.6 Å². The van der Waals surface area contributed by atoms with Crippen molar-refractivity contribution in [2.75, 3.05) is 26.8 Å². The molecule has 1 aliphatic heterocycles. The van der Waals surface area contributed by atoms with Crippen LogP contribution in [0.1, 0.15) is 20.3 Å². The summed E-state index contributed by atoms with van der Waals surface area (Å²) >= 11 is 0. The van der Waals surface area contributed by atoms with Crippen molar-refractivity contribution in [1.82, 2.24) is 10.2 Å². The number of aliphatic carboxylic acids is 1. The Bertz CT molecular complexity index is 304. The lowest BCUT2D eigenvalue weighted by Crippen LogP contribution is -2.51. The average molecular weight is 244 g/mol. The van der Waals surface area contributed by atoms with Gasteiger partial charge in [0.05, 0.1) is 18.1 Å². The zero-order chi connectivity index (χ0) is 13.1. The molecule has 1 saturated heterocycles. The van der Waals surface area contributed by atoms with Gasteiger partial charge in [0.1, 0.15) is 0 Å². The molecule has 1 rings (SSSR count). The standard InChI is InChI=1S/C11H20N2O4/c1-11(2,7-17-3)12-10(16)13-5-4-8(6-13)9(14)15/h8H,4-7H2,1-3H3,(H,12,16)(H,14,15). The average Bonchev–Trinajstić information content (AvgIpc) is 2.64. The summed E-state index contributed by atoms with van der Waals surface area (Å²) in [6.45, 7) is 4.91. The first-order valence-corrected chi connectivity index (χ1v) is 5.64. The van der Waals surface area contributed by atoms with Crippen LogP contribution in [0.15, 0.2) is 0 Å². The van der Waals surface area contributed by atoms with Crippen LogP contribution in [0.2, 0.25) is 0 Å². The first-order chi connectivity index (χ1) is 7.85. The van der Waals surface area contributed by atoms with Crippen LogP contribution in [0.5, 0.6) is 0 Å². The maximum absolute atomic E-state index is 11.9. The zero-order valence-electron chi connectivity index (χ0n) is 10.5. The topological polar surface area (TPSA) is 78.9 Å². The Morgan fingerprint density at radius 2 is 2.18 bits per heavy atom. The van der Waals surface area contributed by atoms with E-state index in [1.54, 1.807) is 7.11 Å². The van der Waals surface area contributed by atoms with Gasteiger partial charge in [-0.2, -0.15) is 0 Å². The van der Waals surface area contributed by atoms with Gasteiger partial charge in [0.15, 0.2) is 0 Å². The number of nitrogens with zero attached hydrogens (tertiary/aromatic N) is 1. The third kappa shape index (κ3) is 3.89. The molecular weight excluding hydrogens is 224 g/mol. The van der Waals surface area contributed by atoms with E-state index in [1.807, 2.05) is 13.8 Å². The number of rotatable bonds is 4. The lowest BCUT2D eigenvalue weighted by Gasteiger charge is -2.28. The van der Waals surface area contributed by atoms with E-state index >= 15 is 0 Å². The summed E-state index contributed by atoms with van der Waals surface area (Å²) in [5.41, 5.74) is -0.451. The zero-order valence-corrected chi connectivity index (χ0v) is 10.5. The summed E-state index contributed by atoms with van der Waals surface area (Å²) in [6.07, 6.45) is 0.521. The summed E-state index contributed by atoms with van der Waals surface area (Å²) in [4.78, 5) is 24.2. The van der Waals surface area contributed by atoms with E-state index in [0.717, 1.165) is 0 Å². The molecule has 1 fully saturated rings. The maximum atomic E-state index is 11.9. The first-order valence-electron chi connectivity index (χ1n) is 5.64. The second-order valence-corrected chi connectivity index (χ2v) is 5.02. The molecule has 0 aromatic rings. The van der Waals surface area contributed by atoms with E-state index < -0.39 is 17.4 Å². The van der Waals surface area contributed by atoms with Crippen LogP contribution in [0, 0.1) is 5.92 Å². The number of carbonyl (C=O) groups is 2. The highest BCUT2D eigenvalue weighted by Crippen LogP contribution is 2.17. The molecule has 0 aromatic carbocycles. The number of methoxy groups -OCH3 is 1. The van der Waals surface area contributed by atoms with Gasteiger partial charge in [0, 0.05) is 20.2 Å². The van der Waals surface area contributed by atoms with Crippen molar-refractivity contribution in [2.24, 2.45) is 5.92 Å². The second kappa shape index (κ2) is 5.35. The van der Waals surface area contributed by atoms with Gasteiger partial charge in [-0.15, -0.1) is 0 Å². The van der Waals surface area contributed by atoms with Crippen LogP contribution in [-0.4, -0.2) is 54.4 Å². The number of likely N-dealkylation sites (tertiary alicyclic amines) is 1. The summed E-state index contributed by atoms with van der Waals surface area (Å²) in [7, 11) is 1.57. The molecule has 17 heavy (non-hydrogen) atoms. The predicted octanol–water partition coefficient (Wildman–Crippen LogP) is 0.527. The SMILES string of the molecule is COCC(C)(C)NC(=O)N1CCC(C(=O)O)C1. The monoisotopic (exact) mass is 244 g/mol. The van der Waals surface area contributed by atoms with Crippen LogP contribution in [0.25, 0.3) is 0 Å². The van der Waals surface area contributed by atoms with Gasteiger partial charge in [0.2, 0.25) is 0 Å². The number of carboxylic acid groups (broad SMARTS) is 1. The summed E-state index contributed by atoms with van der Waals surface area (Å²) in [6, 6.07) is -0.226. The third-order valence-corrected chi connectivity index (χ3v) is 2.78. The molecule has 0 bridgehead atoms. The highest BCUT2D eigenvalue weighted by atomic mass is 16.5. The fraction of sp³-hybridized carbons (Fsp3) is 0.818. The van der Waals surface area contributed by atoms with Crippen molar-refractivity contribution in [3.8, 4) is 0 Å². The summed E-state index contributed by atoms with van der Waals surface area (Å²) in [5, 5.41) is 11.7. The minimum atomic E-state index is -0.837. The first kappa shape index (κ1) is 13.8. The van der Waals surface area contributed by atoms with Gasteiger partial charge in [-0.05, 0) is 20.3 Å². The molecule has 1 aliphatic rings. The second-order valence-electron chi connectivity index (χ2n) is 5.02. The number of ether oxygens (including phenoxy) is 1. The van der Waals surface area contributed by atoms with Gasteiger partial charge >= 0.3 is 12.0 Å². The molecule has 0 radical (unpaired) electrons. The van der Waals surface area contributed by atoms with Gasteiger partial charge in [-0.1, -0.05) is 0 Å². The number of hydrogen-bond acceptors (Lipinski definition) is 3. The van der Waals surface area contributed by atoms with Crippen LogP contribution >= 0.6 is 0 Å². The van der Waals surface area contributed by atoms with E-state index in [4.69, 9.17) is 9.84 Å². The van der Waals surface area contributed by atoms with Gasteiger partial charge in [-0.3, -0.25) is 4.79 Å².